The van der Waals surface area contributed by atoms with Crippen LogP contribution in [0.4, 0.5) is 10.1 Å². The molecule has 0 saturated carbocycles. The molecule has 3 heteroatoms. The molecule has 0 bridgehead atoms. The van der Waals surface area contributed by atoms with Gasteiger partial charge in [0.05, 0.1) is 17.4 Å². The molecule has 13 heavy (non-hydrogen) atoms. The van der Waals surface area contributed by atoms with Crippen LogP contribution in [0.3, 0.4) is 0 Å². The minimum absolute atomic E-state index is 0.261. The smallest absolute Gasteiger partial charge is 0.123 e. The first kappa shape index (κ1) is 7.98. The van der Waals surface area contributed by atoms with E-state index >= 15 is 0 Å². The second-order valence-electron chi connectivity index (χ2n) is 3.00. The summed E-state index contributed by atoms with van der Waals surface area (Å²) in [6.45, 7) is 1.86. The molecule has 0 fully saturated rings. The van der Waals surface area contributed by atoms with Crippen molar-refractivity contribution < 1.29 is 4.39 Å². The number of fused-ring (bicyclic) bond motifs is 1. The van der Waals surface area contributed by atoms with Crippen molar-refractivity contribution in [2.24, 2.45) is 0 Å². The Hall–Kier alpha value is -1.64. The lowest BCUT2D eigenvalue weighted by atomic mass is 10.1. The Morgan fingerprint density at radius 2 is 2.15 bits per heavy atom. The lowest BCUT2D eigenvalue weighted by molar-refractivity contribution is 0.629. The molecular weight excluding hydrogens is 167 g/mol. The van der Waals surface area contributed by atoms with Gasteiger partial charge in [-0.2, -0.15) is 0 Å². The van der Waals surface area contributed by atoms with Crippen molar-refractivity contribution >= 4 is 16.6 Å². The number of hydrogen-bond acceptors (Lipinski definition) is 2. The van der Waals surface area contributed by atoms with Gasteiger partial charge in [-0.15, -0.1) is 0 Å². The molecule has 0 unspecified atom stereocenters. The zero-order chi connectivity index (χ0) is 9.42. The molecule has 2 rings (SSSR count). The molecular formula is C10H9FN2. The number of halogens is 1. The Morgan fingerprint density at radius 1 is 1.38 bits per heavy atom. The van der Waals surface area contributed by atoms with E-state index < -0.39 is 0 Å². The molecule has 0 aliphatic heterocycles. The van der Waals surface area contributed by atoms with Gasteiger partial charge in [0, 0.05) is 5.39 Å². The second-order valence-corrected chi connectivity index (χ2v) is 3.00. The summed E-state index contributed by atoms with van der Waals surface area (Å²) in [5.41, 5.74) is 7.90. The second kappa shape index (κ2) is 2.69. The van der Waals surface area contributed by atoms with Crippen LogP contribution in [0.1, 0.15) is 5.56 Å². The summed E-state index contributed by atoms with van der Waals surface area (Å²) in [7, 11) is 0. The molecule has 0 amide bonds. The summed E-state index contributed by atoms with van der Waals surface area (Å²) < 4.78 is 12.9. The Morgan fingerprint density at radius 3 is 2.92 bits per heavy atom. The van der Waals surface area contributed by atoms with Gasteiger partial charge in [-0.1, -0.05) is 0 Å². The zero-order valence-corrected chi connectivity index (χ0v) is 7.21. The highest BCUT2D eigenvalue weighted by atomic mass is 19.1. The number of benzene rings is 1. The van der Waals surface area contributed by atoms with Crippen molar-refractivity contribution in [3.05, 3.63) is 35.8 Å². The molecule has 1 heterocycles. The SMILES string of the molecule is Cc1c(N)cnc2ccc(F)cc12. The van der Waals surface area contributed by atoms with Crippen LogP contribution in [0.2, 0.25) is 0 Å². The lowest BCUT2D eigenvalue weighted by Crippen LogP contribution is -1.93. The summed E-state index contributed by atoms with van der Waals surface area (Å²) >= 11 is 0. The van der Waals surface area contributed by atoms with E-state index in [9.17, 15) is 4.39 Å². The van der Waals surface area contributed by atoms with Crippen molar-refractivity contribution in [1.82, 2.24) is 4.98 Å². The maximum Gasteiger partial charge on any atom is 0.123 e. The maximum absolute atomic E-state index is 12.9. The van der Waals surface area contributed by atoms with Gasteiger partial charge in [0.15, 0.2) is 0 Å². The van der Waals surface area contributed by atoms with Crippen molar-refractivity contribution in [2.75, 3.05) is 5.73 Å². The molecule has 0 spiro atoms. The number of hydrogen-bond donors (Lipinski definition) is 1. The number of nitrogen functional groups attached to an aromatic ring is 1. The van der Waals surface area contributed by atoms with Crippen LogP contribution in [-0.2, 0) is 0 Å². The third-order valence-corrected chi connectivity index (χ3v) is 2.14. The fourth-order valence-electron chi connectivity index (χ4n) is 1.31. The Labute approximate surface area is 75.2 Å². The molecule has 0 aliphatic rings. The van der Waals surface area contributed by atoms with E-state index in [0.717, 1.165) is 16.5 Å². The number of rotatable bonds is 0. The Balaban J connectivity index is 2.89. The summed E-state index contributed by atoms with van der Waals surface area (Å²) in [6.07, 6.45) is 1.59. The number of nitrogens with two attached hydrogens (primary N) is 1. The predicted molar refractivity (Wildman–Crippen MR) is 50.9 cm³/mol. The van der Waals surface area contributed by atoms with Crippen LogP contribution in [0.15, 0.2) is 24.4 Å². The summed E-state index contributed by atoms with van der Waals surface area (Å²) in [4.78, 5) is 4.09. The Bertz CT molecular complexity index is 460. The van der Waals surface area contributed by atoms with E-state index in [1.54, 1.807) is 12.3 Å². The van der Waals surface area contributed by atoms with Gasteiger partial charge in [0.25, 0.3) is 0 Å². The number of pyridine rings is 1. The largest absolute Gasteiger partial charge is 0.397 e. The first-order valence-corrected chi connectivity index (χ1v) is 3.99. The van der Waals surface area contributed by atoms with Crippen molar-refractivity contribution in [3.8, 4) is 0 Å². The van der Waals surface area contributed by atoms with Gasteiger partial charge in [-0.3, -0.25) is 4.98 Å². The van der Waals surface area contributed by atoms with Crippen LogP contribution >= 0.6 is 0 Å². The van der Waals surface area contributed by atoms with Crippen LogP contribution in [0.25, 0.3) is 10.9 Å². The maximum atomic E-state index is 12.9. The first-order valence-electron chi connectivity index (χ1n) is 3.99. The van der Waals surface area contributed by atoms with Crippen molar-refractivity contribution in [3.63, 3.8) is 0 Å². The third-order valence-electron chi connectivity index (χ3n) is 2.14. The highest BCUT2D eigenvalue weighted by molar-refractivity contribution is 5.85. The third kappa shape index (κ3) is 1.22. The van der Waals surface area contributed by atoms with E-state index in [2.05, 4.69) is 4.98 Å². The molecule has 1 aromatic carbocycles. The molecule has 2 nitrogen and oxygen atoms in total. The standard InChI is InChI=1S/C10H9FN2/c1-6-8-4-7(11)2-3-10(8)13-5-9(6)12/h2-5H,12H2,1H3. The first-order chi connectivity index (χ1) is 6.18. The van der Waals surface area contributed by atoms with E-state index in [-0.39, 0.29) is 5.82 Å². The normalized spacial score (nSPS) is 10.6. The van der Waals surface area contributed by atoms with Crippen LogP contribution < -0.4 is 5.73 Å². The van der Waals surface area contributed by atoms with E-state index in [1.165, 1.54) is 12.1 Å². The molecule has 0 aliphatic carbocycles. The predicted octanol–water partition coefficient (Wildman–Crippen LogP) is 2.26. The van der Waals surface area contributed by atoms with Gasteiger partial charge >= 0.3 is 0 Å². The minimum Gasteiger partial charge on any atom is -0.397 e. The zero-order valence-electron chi connectivity index (χ0n) is 7.21. The van der Waals surface area contributed by atoms with Gasteiger partial charge in [-0.25, -0.2) is 4.39 Å². The summed E-state index contributed by atoms with van der Waals surface area (Å²) in [6, 6.07) is 4.50. The summed E-state index contributed by atoms with van der Waals surface area (Å²) in [5, 5.41) is 0.778. The monoisotopic (exact) mass is 176 g/mol. The highest BCUT2D eigenvalue weighted by Crippen LogP contribution is 2.21. The minimum atomic E-state index is -0.261. The average molecular weight is 176 g/mol. The summed E-state index contributed by atoms with van der Waals surface area (Å²) in [5.74, 6) is -0.261. The van der Waals surface area contributed by atoms with Crippen LogP contribution in [0.5, 0.6) is 0 Å². The van der Waals surface area contributed by atoms with E-state index in [4.69, 9.17) is 5.73 Å². The fraction of sp³-hybridized carbons (Fsp3) is 0.100. The topological polar surface area (TPSA) is 38.9 Å². The average Bonchev–Trinajstić information content (AvgIpc) is 2.12. The molecule has 66 valence electrons. The van der Waals surface area contributed by atoms with Gasteiger partial charge in [0.2, 0.25) is 0 Å². The van der Waals surface area contributed by atoms with Gasteiger partial charge in [-0.05, 0) is 30.7 Å². The van der Waals surface area contributed by atoms with Gasteiger partial charge in [0.1, 0.15) is 5.82 Å². The molecule has 0 radical (unpaired) electrons. The number of aryl methyl sites for hydroxylation is 1. The molecule has 0 atom stereocenters. The molecule has 0 saturated heterocycles. The van der Waals surface area contributed by atoms with Crippen molar-refractivity contribution in [1.29, 1.82) is 0 Å². The van der Waals surface area contributed by atoms with Crippen LogP contribution in [0, 0.1) is 12.7 Å². The fourth-order valence-corrected chi connectivity index (χ4v) is 1.31. The highest BCUT2D eigenvalue weighted by Gasteiger charge is 2.02. The Kier molecular flexibility index (Phi) is 1.65. The van der Waals surface area contributed by atoms with Gasteiger partial charge < -0.3 is 5.73 Å². The number of nitrogens with zero attached hydrogens (tertiary/aromatic N) is 1. The van der Waals surface area contributed by atoms with Crippen molar-refractivity contribution in [2.45, 2.75) is 6.92 Å². The lowest BCUT2D eigenvalue weighted by Gasteiger charge is -2.03. The van der Waals surface area contributed by atoms with E-state index in [1.807, 2.05) is 6.92 Å². The quantitative estimate of drug-likeness (QED) is 0.668. The number of anilines is 1. The molecule has 2 aromatic rings. The molecule has 1 aromatic heterocycles. The number of aromatic nitrogens is 1. The van der Waals surface area contributed by atoms with Crippen LogP contribution in [-0.4, -0.2) is 4.98 Å². The van der Waals surface area contributed by atoms with E-state index in [0.29, 0.717) is 5.69 Å². The molecule has 2 N–H and O–H groups in total.